The van der Waals surface area contributed by atoms with Crippen LogP contribution < -0.4 is 0 Å². The molecule has 2 aliphatic heterocycles. The van der Waals surface area contributed by atoms with Gasteiger partial charge < -0.3 is 9.80 Å². The number of rotatable bonds is 4. The van der Waals surface area contributed by atoms with Gasteiger partial charge in [-0.3, -0.25) is 0 Å². The summed E-state index contributed by atoms with van der Waals surface area (Å²) >= 11 is 0. The van der Waals surface area contributed by atoms with E-state index in [1.54, 1.807) is 0 Å². The fraction of sp³-hybridized carbons (Fsp3) is 1.00. The molecule has 2 atom stereocenters. The molecule has 0 spiro atoms. The average Bonchev–Trinajstić information content (AvgIpc) is 2.29. The third-order valence-electron chi connectivity index (χ3n) is 4.43. The SMILES string of the molecule is CC1CCCN(CCCN2CCCC(C)C2)C1.Cl.Cl. The molecule has 0 saturated carbocycles. The fourth-order valence-electron chi connectivity index (χ4n) is 3.50. The standard InChI is InChI=1S/C15H30N2.2ClH/c1-14-6-3-8-16(12-14)10-5-11-17-9-4-7-15(2)13-17;;/h14-15H,3-13H2,1-2H3;2*1H. The summed E-state index contributed by atoms with van der Waals surface area (Å²) in [4.78, 5) is 5.36. The van der Waals surface area contributed by atoms with E-state index in [1.807, 2.05) is 0 Å². The summed E-state index contributed by atoms with van der Waals surface area (Å²) in [6, 6.07) is 0. The highest BCUT2D eigenvalue weighted by Gasteiger charge is 2.18. The fourth-order valence-corrected chi connectivity index (χ4v) is 3.50. The van der Waals surface area contributed by atoms with Crippen LogP contribution >= 0.6 is 24.8 Å². The Kier molecular flexibility index (Phi) is 10.5. The molecule has 0 radical (unpaired) electrons. The van der Waals surface area contributed by atoms with Crippen LogP contribution in [0.5, 0.6) is 0 Å². The van der Waals surface area contributed by atoms with Crippen LogP contribution in [0.1, 0.15) is 46.0 Å². The highest BCUT2D eigenvalue weighted by atomic mass is 35.5. The first-order valence-electron chi connectivity index (χ1n) is 7.69. The van der Waals surface area contributed by atoms with Crippen molar-refractivity contribution < 1.29 is 0 Å². The third kappa shape index (κ3) is 7.17. The van der Waals surface area contributed by atoms with Gasteiger partial charge in [0, 0.05) is 13.1 Å². The van der Waals surface area contributed by atoms with Gasteiger partial charge in [0.25, 0.3) is 0 Å². The summed E-state index contributed by atoms with van der Waals surface area (Å²) in [6.07, 6.45) is 7.10. The Morgan fingerprint density at radius 1 is 0.789 bits per heavy atom. The van der Waals surface area contributed by atoms with Crippen molar-refractivity contribution in [2.75, 3.05) is 39.3 Å². The van der Waals surface area contributed by atoms with E-state index < -0.39 is 0 Å². The average molecular weight is 311 g/mol. The molecule has 2 fully saturated rings. The lowest BCUT2D eigenvalue weighted by Crippen LogP contribution is -2.38. The first kappa shape index (κ1) is 19.5. The summed E-state index contributed by atoms with van der Waals surface area (Å²) in [6.45, 7) is 12.8. The summed E-state index contributed by atoms with van der Waals surface area (Å²) in [5.41, 5.74) is 0. The Morgan fingerprint density at radius 2 is 1.21 bits per heavy atom. The molecule has 2 aliphatic rings. The molecule has 4 heteroatoms. The predicted molar refractivity (Wildman–Crippen MR) is 88.8 cm³/mol. The molecule has 0 aliphatic carbocycles. The van der Waals surface area contributed by atoms with Crippen LogP contribution in [0.15, 0.2) is 0 Å². The van der Waals surface area contributed by atoms with E-state index in [1.165, 1.54) is 71.4 Å². The second kappa shape index (κ2) is 10.3. The van der Waals surface area contributed by atoms with Gasteiger partial charge in [0.15, 0.2) is 0 Å². The molecule has 0 amide bonds. The molecule has 0 N–H and O–H groups in total. The van der Waals surface area contributed by atoms with Gasteiger partial charge in [0.2, 0.25) is 0 Å². The van der Waals surface area contributed by atoms with Crippen LogP contribution in [-0.2, 0) is 0 Å². The Bertz CT molecular complexity index is 204. The maximum absolute atomic E-state index is 2.68. The number of hydrogen-bond donors (Lipinski definition) is 0. The Balaban J connectivity index is 0.00000162. The zero-order valence-corrected chi connectivity index (χ0v) is 14.3. The topological polar surface area (TPSA) is 6.48 Å². The van der Waals surface area contributed by atoms with Gasteiger partial charge in [-0.15, -0.1) is 24.8 Å². The van der Waals surface area contributed by atoms with Crippen LogP contribution in [-0.4, -0.2) is 49.1 Å². The van der Waals surface area contributed by atoms with Crippen LogP contribution in [0.4, 0.5) is 0 Å². The van der Waals surface area contributed by atoms with Crippen molar-refractivity contribution >= 4 is 24.8 Å². The van der Waals surface area contributed by atoms with E-state index in [9.17, 15) is 0 Å². The first-order chi connectivity index (χ1) is 8.24. The lowest BCUT2D eigenvalue weighted by molar-refractivity contribution is 0.150. The number of nitrogens with zero attached hydrogens (tertiary/aromatic N) is 2. The van der Waals surface area contributed by atoms with E-state index in [0.717, 1.165) is 11.8 Å². The van der Waals surface area contributed by atoms with Crippen molar-refractivity contribution in [3.63, 3.8) is 0 Å². The Hall–Kier alpha value is 0.500. The van der Waals surface area contributed by atoms with Crippen molar-refractivity contribution in [2.45, 2.75) is 46.0 Å². The molecule has 116 valence electrons. The van der Waals surface area contributed by atoms with Crippen LogP contribution in [0, 0.1) is 11.8 Å². The molecule has 0 aromatic carbocycles. The smallest absolute Gasteiger partial charge is 0.000703 e. The summed E-state index contributed by atoms with van der Waals surface area (Å²) in [7, 11) is 0. The summed E-state index contributed by atoms with van der Waals surface area (Å²) in [5.74, 6) is 1.86. The zero-order valence-electron chi connectivity index (χ0n) is 12.6. The maximum atomic E-state index is 2.68. The predicted octanol–water partition coefficient (Wildman–Crippen LogP) is 3.68. The van der Waals surface area contributed by atoms with Crippen LogP contribution in [0.2, 0.25) is 0 Å². The van der Waals surface area contributed by atoms with Crippen molar-refractivity contribution in [1.82, 2.24) is 9.80 Å². The molecule has 2 rings (SSSR count). The molecule has 0 aromatic rings. The van der Waals surface area contributed by atoms with Gasteiger partial charge in [-0.2, -0.15) is 0 Å². The monoisotopic (exact) mass is 310 g/mol. The van der Waals surface area contributed by atoms with Crippen LogP contribution in [0.3, 0.4) is 0 Å². The van der Waals surface area contributed by atoms with E-state index in [2.05, 4.69) is 23.6 Å². The molecule has 2 heterocycles. The maximum Gasteiger partial charge on any atom is 0.000703 e. The molecule has 0 bridgehead atoms. The first-order valence-corrected chi connectivity index (χ1v) is 7.69. The van der Waals surface area contributed by atoms with Crippen molar-refractivity contribution in [3.05, 3.63) is 0 Å². The van der Waals surface area contributed by atoms with E-state index in [-0.39, 0.29) is 24.8 Å². The van der Waals surface area contributed by atoms with Gasteiger partial charge in [-0.25, -0.2) is 0 Å². The lowest BCUT2D eigenvalue weighted by atomic mass is 9.99. The molecular weight excluding hydrogens is 279 g/mol. The number of likely N-dealkylation sites (tertiary alicyclic amines) is 2. The van der Waals surface area contributed by atoms with Crippen LogP contribution in [0.25, 0.3) is 0 Å². The minimum absolute atomic E-state index is 0. The normalized spacial score (nSPS) is 29.4. The number of halogens is 2. The summed E-state index contributed by atoms with van der Waals surface area (Å²) < 4.78 is 0. The van der Waals surface area contributed by atoms with E-state index in [0.29, 0.717) is 0 Å². The molecule has 0 aromatic heterocycles. The van der Waals surface area contributed by atoms with Crippen molar-refractivity contribution in [1.29, 1.82) is 0 Å². The second-order valence-electron chi connectivity index (χ2n) is 6.45. The zero-order chi connectivity index (χ0) is 12.1. The van der Waals surface area contributed by atoms with Crippen molar-refractivity contribution in [3.8, 4) is 0 Å². The van der Waals surface area contributed by atoms with Gasteiger partial charge in [-0.05, 0) is 70.1 Å². The number of hydrogen-bond acceptors (Lipinski definition) is 2. The number of piperidine rings is 2. The Labute approximate surface area is 132 Å². The minimum Gasteiger partial charge on any atom is -0.303 e. The van der Waals surface area contributed by atoms with Gasteiger partial charge in [-0.1, -0.05) is 13.8 Å². The second-order valence-corrected chi connectivity index (χ2v) is 6.45. The highest BCUT2D eigenvalue weighted by Crippen LogP contribution is 2.17. The van der Waals surface area contributed by atoms with Crippen molar-refractivity contribution in [2.24, 2.45) is 11.8 Å². The Morgan fingerprint density at radius 3 is 1.58 bits per heavy atom. The molecule has 2 unspecified atom stereocenters. The van der Waals surface area contributed by atoms with Gasteiger partial charge in [0.1, 0.15) is 0 Å². The van der Waals surface area contributed by atoms with E-state index in [4.69, 9.17) is 0 Å². The minimum atomic E-state index is 0. The van der Waals surface area contributed by atoms with Gasteiger partial charge in [0.05, 0.1) is 0 Å². The third-order valence-corrected chi connectivity index (χ3v) is 4.43. The molecule has 2 nitrogen and oxygen atoms in total. The van der Waals surface area contributed by atoms with E-state index >= 15 is 0 Å². The highest BCUT2D eigenvalue weighted by molar-refractivity contribution is 5.85. The van der Waals surface area contributed by atoms with Gasteiger partial charge >= 0.3 is 0 Å². The largest absolute Gasteiger partial charge is 0.303 e. The molecule has 19 heavy (non-hydrogen) atoms. The molecule has 2 saturated heterocycles. The lowest BCUT2D eigenvalue weighted by Gasteiger charge is -2.33. The molecular formula is C15H32Cl2N2. The quantitative estimate of drug-likeness (QED) is 0.781. The summed E-state index contributed by atoms with van der Waals surface area (Å²) in [5, 5.41) is 0.